The summed E-state index contributed by atoms with van der Waals surface area (Å²) in [7, 11) is 2.18. The Hall–Kier alpha value is -3.59. The third-order valence-corrected chi connectivity index (χ3v) is 7.66. The minimum atomic E-state index is 0.553. The molecule has 0 atom stereocenters. The van der Waals surface area contributed by atoms with Crippen molar-refractivity contribution in [3.63, 3.8) is 0 Å². The largest absolute Gasteiger partial charge is 0.488 e. The average molecular weight is 501 g/mol. The van der Waals surface area contributed by atoms with Gasteiger partial charge in [0.2, 0.25) is 5.95 Å². The first-order valence-electron chi connectivity index (χ1n) is 13.4. The van der Waals surface area contributed by atoms with Crippen LogP contribution in [0, 0.1) is 6.92 Å². The Labute approximate surface area is 218 Å². The monoisotopic (exact) mass is 500 g/mol. The number of hydrogen-bond donors (Lipinski definition) is 2. The van der Waals surface area contributed by atoms with E-state index >= 15 is 0 Å². The number of ether oxygens (including phenoxy) is 1. The minimum Gasteiger partial charge on any atom is -0.488 e. The van der Waals surface area contributed by atoms with Crippen molar-refractivity contribution in [3.8, 4) is 5.75 Å². The fraction of sp³-hybridized carbons (Fsp3) is 0.464. The molecule has 4 heterocycles. The highest BCUT2D eigenvalue weighted by Gasteiger charge is 2.29. The Morgan fingerprint density at radius 3 is 2.62 bits per heavy atom. The van der Waals surface area contributed by atoms with Crippen LogP contribution in [0.3, 0.4) is 0 Å². The van der Waals surface area contributed by atoms with Gasteiger partial charge in [0.05, 0.1) is 6.54 Å². The van der Waals surface area contributed by atoms with Gasteiger partial charge >= 0.3 is 0 Å². The van der Waals surface area contributed by atoms with Crippen molar-refractivity contribution >= 4 is 34.8 Å². The second-order valence-corrected chi connectivity index (χ2v) is 10.3. The van der Waals surface area contributed by atoms with Crippen LogP contribution in [0.1, 0.15) is 31.2 Å². The number of nitrogens with one attached hydrogen (secondary N) is 2. The number of hydrogen-bond acceptors (Lipinski definition) is 9. The lowest BCUT2D eigenvalue weighted by Crippen LogP contribution is -2.44. The van der Waals surface area contributed by atoms with Crippen LogP contribution < -0.4 is 25.2 Å². The van der Waals surface area contributed by atoms with Gasteiger partial charge in [0.15, 0.2) is 11.6 Å². The van der Waals surface area contributed by atoms with E-state index in [4.69, 9.17) is 14.7 Å². The van der Waals surface area contributed by atoms with E-state index in [1.54, 1.807) is 0 Å². The predicted octanol–water partition coefficient (Wildman–Crippen LogP) is 4.56. The zero-order valence-electron chi connectivity index (χ0n) is 21.8. The number of benzene rings is 1. The molecular formula is C28H36N8O. The zero-order chi connectivity index (χ0) is 25.2. The maximum Gasteiger partial charge on any atom is 0.229 e. The third kappa shape index (κ3) is 5.27. The Kier molecular flexibility index (Phi) is 6.70. The third-order valence-electron chi connectivity index (χ3n) is 7.66. The molecule has 37 heavy (non-hydrogen) atoms. The van der Waals surface area contributed by atoms with Gasteiger partial charge in [-0.1, -0.05) is 18.9 Å². The standard InChI is InChI=1S/C28H36N8O/c1-20-19-29-28(30-21-6-5-9-23(18-21)35-14-12-34(2)13-15-35)33-26(20)31-25-11-10-24-27(32-25)36(16-17-37-24)22-7-3-4-8-22/h5-6,9-11,18-19,22H,3-4,7-8,12-17H2,1-2H3,(H2,29,30,31,32,33). The summed E-state index contributed by atoms with van der Waals surface area (Å²) >= 11 is 0. The lowest BCUT2D eigenvalue weighted by atomic mass is 10.2. The van der Waals surface area contributed by atoms with E-state index in [1.165, 1.54) is 31.4 Å². The van der Waals surface area contributed by atoms with E-state index < -0.39 is 0 Å². The first-order valence-corrected chi connectivity index (χ1v) is 13.4. The van der Waals surface area contributed by atoms with Gasteiger partial charge in [-0.3, -0.25) is 0 Å². The van der Waals surface area contributed by atoms with Crippen LogP contribution in [0.2, 0.25) is 0 Å². The van der Waals surface area contributed by atoms with Crippen molar-refractivity contribution in [1.82, 2.24) is 19.9 Å². The Morgan fingerprint density at radius 1 is 0.946 bits per heavy atom. The number of likely N-dealkylation sites (N-methyl/N-ethyl adjacent to an activating group) is 1. The maximum atomic E-state index is 5.91. The van der Waals surface area contributed by atoms with E-state index in [0.29, 0.717) is 18.6 Å². The highest BCUT2D eigenvalue weighted by atomic mass is 16.5. The number of nitrogens with zero attached hydrogens (tertiary/aromatic N) is 6. The topological polar surface area (TPSA) is 81.7 Å². The van der Waals surface area contributed by atoms with E-state index in [9.17, 15) is 0 Å². The predicted molar refractivity (Wildman–Crippen MR) is 149 cm³/mol. The van der Waals surface area contributed by atoms with Gasteiger partial charge in [-0.05, 0) is 57.1 Å². The first-order chi connectivity index (χ1) is 18.1. The molecule has 9 nitrogen and oxygen atoms in total. The summed E-state index contributed by atoms with van der Waals surface area (Å²) in [6.07, 6.45) is 6.89. The second kappa shape index (κ2) is 10.4. The Morgan fingerprint density at radius 2 is 1.78 bits per heavy atom. The SMILES string of the molecule is Cc1cnc(Nc2cccc(N3CCN(C)CC3)c2)nc1Nc1ccc2c(n1)N(C1CCCC1)CCO2. The highest BCUT2D eigenvalue weighted by molar-refractivity contribution is 5.66. The van der Waals surface area contributed by atoms with Gasteiger partial charge in [0.1, 0.15) is 18.2 Å². The number of rotatable bonds is 6. The van der Waals surface area contributed by atoms with Crippen LogP contribution in [0.4, 0.5) is 34.8 Å². The lowest BCUT2D eigenvalue weighted by Gasteiger charge is -2.35. The van der Waals surface area contributed by atoms with Crippen LogP contribution >= 0.6 is 0 Å². The van der Waals surface area contributed by atoms with Crippen LogP contribution in [0.25, 0.3) is 0 Å². The highest BCUT2D eigenvalue weighted by Crippen LogP contribution is 2.36. The smallest absolute Gasteiger partial charge is 0.229 e. The van der Waals surface area contributed by atoms with Crippen LogP contribution in [0.15, 0.2) is 42.6 Å². The molecule has 0 amide bonds. The van der Waals surface area contributed by atoms with Gasteiger partial charge in [-0.25, -0.2) is 9.97 Å². The molecule has 9 heteroatoms. The van der Waals surface area contributed by atoms with Crippen LogP contribution in [-0.4, -0.2) is 72.3 Å². The van der Waals surface area contributed by atoms with E-state index in [-0.39, 0.29) is 0 Å². The van der Waals surface area contributed by atoms with Gasteiger partial charge in [0.25, 0.3) is 0 Å². The second-order valence-electron chi connectivity index (χ2n) is 10.3. The molecule has 0 spiro atoms. The van der Waals surface area contributed by atoms with Gasteiger partial charge in [-0.15, -0.1) is 0 Å². The molecule has 0 radical (unpaired) electrons. The molecule has 2 N–H and O–H groups in total. The van der Waals surface area contributed by atoms with Crippen LogP contribution in [-0.2, 0) is 0 Å². The molecule has 2 fully saturated rings. The molecule has 3 aliphatic rings. The van der Waals surface area contributed by atoms with Crippen molar-refractivity contribution < 1.29 is 4.74 Å². The molecule has 2 aromatic heterocycles. The number of pyridine rings is 1. The maximum absolute atomic E-state index is 5.91. The summed E-state index contributed by atoms with van der Waals surface area (Å²) < 4.78 is 5.91. The summed E-state index contributed by atoms with van der Waals surface area (Å²) in [5.41, 5.74) is 3.15. The fourth-order valence-corrected chi connectivity index (χ4v) is 5.48. The number of aryl methyl sites for hydroxylation is 1. The van der Waals surface area contributed by atoms with Crippen molar-refractivity contribution in [1.29, 1.82) is 0 Å². The average Bonchev–Trinajstić information content (AvgIpc) is 3.46. The molecule has 1 saturated carbocycles. The van der Waals surface area contributed by atoms with Crippen molar-refractivity contribution in [2.24, 2.45) is 0 Å². The molecule has 0 bridgehead atoms. The Balaban J connectivity index is 1.19. The number of piperazine rings is 1. The van der Waals surface area contributed by atoms with Crippen molar-refractivity contribution in [3.05, 3.63) is 48.2 Å². The normalized spacial score (nSPS) is 18.4. The van der Waals surface area contributed by atoms with Crippen molar-refractivity contribution in [2.75, 3.05) is 66.8 Å². The lowest BCUT2D eigenvalue weighted by molar-refractivity contribution is 0.297. The van der Waals surface area contributed by atoms with Gasteiger partial charge in [0, 0.05) is 55.4 Å². The van der Waals surface area contributed by atoms with Gasteiger partial charge in [-0.2, -0.15) is 4.98 Å². The van der Waals surface area contributed by atoms with Crippen LogP contribution in [0.5, 0.6) is 5.75 Å². The molecule has 2 aliphatic heterocycles. The molecule has 0 unspecified atom stereocenters. The molecular weight excluding hydrogens is 464 g/mol. The van der Waals surface area contributed by atoms with E-state index in [1.807, 2.05) is 25.3 Å². The first kappa shape index (κ1) is 23.8. The minimum absolute atomic E-state index is 0.553. The van der Waals surface area contributed by atoms with E-state index in [0.717, 1.165) is 67.2 Å². The number of fused-ring (bicyclic) bond motifs is 1. The quantitative estimate of drug-likeness (QED) is 0.506. The number of aromatic nitrogens is 3. The summed E-state index contributed by atoms with van der Waals surface area (Å²) in [6, 6.07) is 13.0. The summed E-state index contributed by atoms with van der Waals surface area (Å²) in [5.74, 6) is 3.86. The molecule has 1 saturated heterocycles. The molecule has 1 aromatic carbocycles. The fourth-order valence-electron chi connectivity index (χ4n) is 5.48. The molecule has 1 aliphatic carbocycles. The molecule has 194 valence electrons. The molecule has 3 aromatic rings. The summed E-state index contributed by atoms with van der Waals surface area (Å²) in [4.78, 5) is 21.5. The van der Waals surface area contributed by atoms with Crippen molar-refractivity contribution in [2.45, 2.75) is 38.6 Å². The van der Waals surface area contributed by atoms with Gasteiger partial charge < -0.3 is 30.1 Å². The van der Waals surface area contributed by atoms with E-state index in [2.05, 4.69) is 61.6 Å². The molecule has 6 rings (SSSR count). The summed E-state index contributed by atoms with van der Waals surface area (Å²) in [6.45, 7) is 7.84. The number of anilines is 6. The zero-order valence-corrected chi connectivity index (χ0v) is 21.8. The summed E-state index contributed by atoms with van der Waals surface area (Å²) in [5, 5.41) is 6.82. The Bertz CT molecular complexity index is 1240.